The van der Waals surface area contributed by atoms with Gasteiger partial charge in [-0.25, -0.2) is 4.98 Å². The van der Waals surface area contributed by atoms with E-state index in [1.807, 2.05) is 54.6 Å². The molecule has 0 saturated heterocycles. The second-order valence-electron chi connectivity index (χ2n) is 7.78. The number of nitrogens with one attached hydrogen (secondary N) is 2. The predicted octanol–water partition coefficient (Wildman–Crippen LogP) is 6.14. The van der Waals surface area contributed by atoms with Crippen molar-refractivity contribution in [2.45, 2.75) is 0 Å². The molecule has 0 bridgehead atoms. The SMILES string of the molecule is COc1cccc(C(=O)Nc2ccc(-c3nc4ccc(C(=O)c5ccccc5)cc4[nH]3)cc2)c1.Cl. The Morgan fingerprint density at radius 2 is 1.54 bits per heavy atom. The molecule has 0 aliphatic heterocycles. The molecule has 2 N–H and O–H groups in total. The number of nitrogens with zero attached hydrogens (tertiary/aromatic N) is 1. The van der Waals surface area contributed by atoms with Gasteiger partial charge in [-0.3, -0.25) is 9.59 Å². The molecule has 7 heteroatoms. The Hall–Kier alpha value is -4.42. The lowest BCUT2D eigenvalue weighted by molar-refractivity contribution is 0.102. The Kier molecular flexibility index (Phi) is 6.94. The van der Waals surface area contributed by atoms with E-state index >= 15 is 0 Å². The predicted molar refractivity (Wildman–Crippen MR) is 140 cm³/mol. The van der Waals surface area contributed by atoms with Crippen LogP contribution in [0.25, 0.3) is 22.4 Å². The number of fused-ring (bicyclic) bond motifs is 1. The number of anilines is 1. The van der Waals surface area contributed by atoms with Crippen molar-refractivity contribution in [2.75, 3.05) is 12.4 Å². The normalized spacial score (nSPS) is 10.4. The largest absolute Gasteiger partial charge is 0.497 e. The van der Waals surface area contributed by atoms with Gasteiger partial charge in [0.1, 0.15) is 11.6 Å². The van der Waals surface area contributed by atoms with Crippen molar-refractivity contribution in [3.63, 3.8) is 0 Å². The van der Waals surface area contributed by atoms with Crippen LogP contribution in [0.3, 0.4) is 0 Å². The summed E-state index contributed by atoms with van der Waals surface area (Å²) in [5.74, 6) is 1.06. The first-order valence-electron chi connectivity index (χ1n) is 10.8. The van der Waals surface area contributed by atoms with Crippen molar-refractivity contribution in [3.8, 4) is 17.1 Å². The van der Waals surface area contributed by atoms with Gasteiger partial charge in [-0.15, -0.1) is 12.4 Å². The summed E-state index contributed by atoms with van der Waals surface area (Å²) in [6.07, 6.45) is 0. The number of halogens is 1. The molecule has 0 radical (unpaired) electrons. The average Bonchev–Trinajstić information content (AvgIpc) is 3.32. The summed E-state index contributed by atoms with van der Waals surface area (Å²) in [5, 5.41) is 2.89. The molecule has 0 atom stereocenters. The minimum absolute atomic E-state index is 0. The molecule has 0 unspecified atom stereocenters. The molecule has 1 aromatic heterocycles. The third-order valence-electron chi connectivity index (χ3n) is 5.53. The van der Waals surface area contributed by atoms with Crippen LogP contribution in [0.1, 0.15) is 26.3 Å². The molecule has 0 saturated carbocycles. The van der Waals surface area contributed by atoms with Crippen LogP contribution >= 0.6 is 12.4 Å². The highest BCUT2D eigenvalue weighted by atomic mass is 35.5. The van der Waals surface area contributed by atoms with E-state index < -0.39 is 0 Å². The zero-order chi connectivity index (χ0) is 23.5. The maximum atomic E-state index is 12.8. The first-order valence-corrected chi connectivity index (χ1v) is 10.8. The number of ether oxygens (including phenoxy) is 1. The van der Waals surface area contributed by atoms with E-state index in [0.717, 1.165) is 16.6 Å². The van der Waals surface area contributed by atoms with Crippen LogP contribution in [-0.4, -0.2) is 28.8 Å². The average molecular weight is 484 g/mol. The second-order valence-corrected chi connectivity index (χ2v) is 7.78. The summed E-state index contributed by atoms with van der Waals surface area (Å²) in [6, 6.07) is 29.1. The molecule has 1 heterocycles. The zero-order valence-corrected chi connectivity index (χ0v) is 19.6. The van der Waals surface area contributed by atoms with Crippen LogP contribution in [0.2, 0.25) is 0 Å². The fourth-order valence-corrected chi connectivity index (χ4v) is 3.72. The van der Waals surface area contributed by atoms with Crippen LogP contribution in [0, 0.1) is 0 Å². The number of aromatic nitrogens is 2. The highest BCUT2D eigenvalue weighted by Gasteiger charge is 2.12. The van der Waals surface area contributed by atoms with Gasteiger partial charge in [0.25, 0.3) is 5.91 Å². The molecular formula is C28H22ClN3O3. The third-order valence-corrected chi connectivity index (χ3v) is 5.53. The van der Waals surface area contributed by atoms with Crippen molar-refractivity contribution < 1.29 is 14.3 Å². The quantitative estimate of drug-likeness (QED) is 0.284. The molecule has 0 fully saturated rings. The van der Waals surface area contributed by atoms with Crippen molar-refractivity contribution in [2.24, 2.45) is 0 Å². The summed E-state index contributed by atoms with van der Waals surface area (Å²) in [6.45, 7) is 0. The summed E-state index contributed by atoms with van der Waals surface area (Å²) in [4.78, 5) is 33.2. The van der Waals surface area contributed by atoms with E-state index in [1.165, 1.54) is 0 Å². The molecule has 5 aromatic rings. The number of ketones is 1. The van der Waals surface area contributed by atoms with Gasteiger partial charge in [0.15, 0.2) is 5.78 Å². The minimum Gasteiger partial charge on any atom is -0.497 e. The van der Waals surface area contributed by atoms with E-state index in [9.17, 15) is 9.59 Å². The number of benzene rings is 4. The number of aromatic amines is 1. The monoisotopic (exact) mass is 483 g/mol. The van der Waals surface area contributed by atoms with Crippen molar-refractivity contribution in [1.82, 2.24) is 9.97 Å². The van der Waals surface area contributed by atoms with E-state index in [-0.39, 0.29) is 24.1 Å². The standard InChI is InChI=1S/C28H21N3O3.ClH/c1-34-23-9-5-8-21(16-23)28(33)29-22-13-10-19(11-14-22)27-30-24-15-12-20(17-25(24)31-27)26(32)18-6-3-2-4-7-18;/h2-17H,1H3,(H,29,33)(H,30,31);1H. The van der Waals surface area contributed by atoms with E-state index in [4.69, 9.17) is 4.74 Å². The number of hydrogen-bond donors (Lipinski definition) is 2. The first kappa shape index (κ1) is 23.7. The maximum absolute atomic E-state index is 12.8. The van der Waals surface area contributed by atoms with E-state index in [0.29, 0.717) is 34.0 Å². The fraction of sp³-hybridized carbons (Fsp3) is 0.0357. The molecule has 1 amide bonds. The number of rotatable bonds is 6. The molecule has 35 heavy (non-hydrogen) atoms. The number of carbonyl (C=O) groups is 2. The molecule has 5 rings (SSSR count). The number of H-pyrrole nitrogens is 1. The van der Waals surface area contributed by atoms with Crippen LogP contribution in [0.15, 0.2) is 97.1 Å². The van der Waals surface area contributed by atoms with Gasteiger partial charge in [0.2, 0.25) is 0 Å². The molecule has 4 aromatic carbocycles. The van der Waals surface area contributed by atoms with Crippen LogP contribution in [0.5, 0.6) is 5.75 Å². The van der Waals surface area contributed by atoms with Gasteiger partial charge in [-0.1, -0.05) is 36.4 Å². The fourth-order valence-electron chi connectivity index (χ4n) is 3.72. The van der Waals surface area contributed by atoms with Crippen LogP contribution in [0.4, 0.5) is 5.69 Å². The maximum Gasteiger partial charge on any atom is 0.255 e. The van der Waals surface area contributed by atoms with Crippen LogP contribution in [-0.2, 0) is 0 Å². The number of imidazole rings is 1. The number of methoxy groups -OCH3 is 1. The summed E-state index contributed by atoms with van der Waals surface area (Å²) in [7, 11) is 1.57. The summed E-state index contributed by atoms with van der Waals surface area (Å²) < 4.78 is 5.18. The highest BCUT2D eigenvalue weighted by Crippen LogP contribution is 2.24. The Morgan fingerprint density at radius 3 is 2.29 bits per heavy atom. The first-order chi connectivity index (χ1) is 16.6. The number of hydrogen-bond acceptors (Lipinski definition) is 4. The molecule has 0 aliphatic carbocycles. The van der Waals surface area contributed by atoms with Gasteiger partial charge >= 0.3 is 0 Å². The highest BCUT2D eigenvalue weighted by molar-refractivity contribution is 6.10. The lowest BCUT2D eigenvalue weighted by Gasteiger charge is -2.07. The lowest BCUT2D eigenvalue weighted by atomic mass is 10.0. The number of amides is 1. The van der Waals surface area contributed by atoms with Crippen LogP contribution < -0.4 is 10.1 Å². The molecule has 6 nitrogen and oxygen atoms in total. The molecular weight excluding hydrogens is 462 g/mol. The number of carbonyl (C=O) groups excluding carboxylic acids is 2. The van der Waals surface area contributed by atoms with Gasteiger partial charge < -0.3 is 15.0 Å². The van der Waals surface area contributed by atoms with E-state index in [1.54, 1.807) is 49.6 Å². The molecule has 174 valence electrons. The van der Waals surface area contributed by atoms with Gasteiger partial charge in [0, 0.05) is 27.9 Å². The summed E-state index contributed by atoms with van der Waals surface area (Å²) in [5.41, 5.74) is 4.86. The summed E-state index contributed by atoms with van der Waals surface area (Å²) >= 11 is 0. The topological polar surface area (TPSA) is 84.1 Å². The smallest absolute Gasteiger partial charge is 0.255 e. The molecule has 0 spiro atoms. The van der Waals surface area contributed by atoms with Gasteiger partial charge in [-0.05, 0) is 60.7 Å². The van der Waals surface area contributed by atoms with Gasteiger partial charge in [-0.2, -0.15) is 0 Å². The Labute approximate surface area is 208 Å². The van der Waals surface area contributed by atoms with Gasteiger partial charge in [0.05, 0.1) is 18.1 Å². The third kappa shape index (κ3) is 5.08. The lowest BCUT2D eigenvalue weighted by Crippen LogP contribution is -2.11. The zero-order valence-electron chi connectivity index (χ0n) is 18.8. The Morgan fingerprint density at radius 1 is 0.800 bits per heavy atom. The van der Waals surface area contributed by atoms with E-state index in [2.05, 4.69) is 15.3 Å². The Balaban J connectivity index is 0.00000289. The Bertz CT molecular complexity index is 1500. The van der Waals surface area contributed by atoms with Crippen molar-refractivity contribution in [1.29, 1.82) is 0 Å². The molecule has 0 aliphatic rings. The van der Waals surface area contributed by atoms with Crippen molar-refractivity contribution >= 4 is 40.8 Å². The van der Waals surface area contributed by atoms with Crippen molar-refractivity contribution in [3.05, 3.63) is 114 Å². The minimum atomic E-state index is -0.217. The second kappa shape index (κ2) is 10.2.